The van der Waals surface area contributed by atoms with Crippen LogP contribution in [0.1, 0.15) is 31.9 Å². The first-order valence-corrected chi connectivity index (χ1v) is 9.77. The van der Waals surface area contributed by atoms with Gasteiger partial charge in [-0.3, -0.25) is 10.1 Å². The van der Waals surface area contributed by atoms with Gasteiger partial charge in [0.1, 0.15) is 5.60 Å². The van der Waals surface area contributed by atoms with Gasteiger partial charge < -0.3 is 14.5 Å². The highest BCUT2D eigenvalue weighted by Crippen LogP contribution is 2.28. The third kappa shape index (κ3) is 5.47. The van der Waals surface area contributed by atoms with E-state index < -0.39 is 5.60 Å². The van der Waals surface area contributed by atoms with Gasteiger partial charge in [0.05, 0.1) is 4.92 Å². The number of rotatable bonds is 4. The maximum atomic E-state index is 12.2. The highest BCUT2D eigenvalue weighted by molar-refractivity contribution is 5.69. The number of nitro groups is 1. The van der Waals surface area contributed by atoms with Crippen molar-refractivity contribution in [3.8, 4) is 0 Å². The lowest BCUT2D eigenvalue weighted by Crippen LogP contribution is -2.50. The minimum atomic E-state index is -0.524. The van der Waals surface area contributed by atoms with Crippen molar-refractivity contribution in [3.05, 3.63) is 69.8 Å². The average molecular weight is 397 g/mol. The first kappa shape index (κ1) is 20.6. The van der Waals surface area contributed by atoms with Crippen LogP contribution in [0, 0.1) is 10.1 Å². The first-order valence-electron chi connectivity index (χ1n) is 9.77. The van der Waals surface area contributed by atoms with Gasteiger partial charge in [-0.05, 0) is 38.5 Å². The molecule has 3 rings (SSSR count). The number of hydrogen-bond acceptors (Lipinski definition) is 5. The summed E-state index contributed by atoms with van der Waals surface area (Å²) in [5.74, 6) is 0. The maximum Gasteiger partial charge on any atom is 0.410 e. The molecule has 1 fully saturated rings. The molecule has 7 nitrogen and oxygen atoms in total. The van der Waals surface area contributed by atoms with Crippen LogP contribution in [0.2, 0.25) is 0 Å². The van der Waals surface area contributed by atoms with Crippen LogP contribution >= 0.6 is 0 Å². The van der Waals surface area contributed by atoms with Gasteiger partial charge in [0, 0.05) is 49.9 Å². The Morgan fingerprint density at radius 1 is 1.07 bits per heavy atom. The normalized spacial score (nSPS) is 14.6. The summed E-state index contributed by atoms with van der Waals surface area (Å²) in [5.41, 5.74) is 2.13. The number of ether oxygens (including phenoxy) is 1. The largest absolute Gasteiger partial charge is 0.444 e. The van der Waals surface area contributed by atoms with Crippen molar-refractivity contribution in [1.82, 2.24) is 4.90 Å². The molecule has 2 aromatic carbocycles. The Bertz CT molecular complexity index is 869. The summed E-state index contributed by atoms with van der Waals surface area (Å²) in [6.45, 7) is 7.79. The van der Waals surface area contributed by atoms with Crippen molar-refractivity contribution in [2.45, 2.75) is 32.8 Å². The Kier molecular flexibility index (Phi) is 6.06. The number of nitrogens with zero attached hydrogens (tertiary/aromatic N) is 3. The van der Waals surface area contributed by atoms with E-state index in [9.17, 15) is 14.9 Å². The van der Waals surface area contributed by atoms with Crippen LogP contribution in [0.25, 0.3) is 0 Å². The third-order valence-electron chi connectivity index (χ3n) is 4.80. The van der Waals surface area contributed by atoms with E-state index in [4.69, 9.17) is 4.74 Å². The van der Waals surface area contributed by atoms with E-state index in [2.05, 4.69) is 4.90 Å². The topological polar surface area (TPSA) is 75.9 Å². The van der Waals surface area contributed by atoms with E-state index >= 15 is 0 Å². The molecule has 154 valence electrons. The zero-order chi connectivity index (χ0) is 21.0. The smallest absolute Gasteiger partial charge is 0.410 e. The molecule has 0 aliphatic carbocycles. The molecule has 1 saturated heterocycles. The highest BCUT2D eigenvalue weighted by atomic mass is 16.6. The molecule has 0 unspecified atom stereocenters. The summed E-state index contributed by atoms with van der Waals surface area (Å²) in [5, 5.41) is 11.6. The summed E-state index contributed by atoms with van der Waals surface area (Å²) >= 11 is 0. The van der Waals surface area contributed by atoms with Crippen molar-refractivity contribution < 1.29 is 14.5 Å². The summed E-state index contributed by atoms with van der Waals surface area (Å²) in [6, 6.07) is 15.1. The Hall–Kier alpha value is -3.09. The Morgan fingerprint density at radius 2 is 1.72 bits per heavy atom. The zero-order valence-electron chi connectivity index (χ0n) is 17.1. The van der Waals surface area contributed by atoms with Crippen molar-refractivity contribution in [3.63, 3.8) is 0 Å². The number of carbonyl (C=O) groups excluding carboxylic acids is 1. The molecule has 2 aromatic rings. The highest BCUT2D eigenvalue weighted by Gasteiger charge is 2.27. The fourth-order valence-corrected chi connectivity index (χ4v) is 3.36. The van der Waals surface area contributed by atoms with Gasteiger partial charge in [-0.1, -0.05) is 30.3 Å². The summed E-state index contributed by atoms with van der Waals surface area (Å²) in [6.07, 6.45) is 0.200. The van der Waals surface area contributed by atoms with Gasteiger partial charge in [-0.2, -0.15) is 0 Å². The van der Waals surface area contributed by atoms with E-state index in [1.165, 1.54) is 0 Å². The van der Waals surface area contributed by atoms with Crippen LogP contribution < -0.4 is 4.90 Å². The Morgan fingerprint density at radius 3 is 2.31 bits per heavy atom. The van der Waals surface area contributed by atoms with E-state index in [1.54, 1.807) is 11.0 Å². The molecule has 0 N–H and O–H groups in total. The third-order valence-corrected chi connectivity index (χ3v) is 4.80. The Labute approximate surface area is 171 Å². The second kappa shape index (κ2) is 8.51. The second-order valence-electron chi connectivity index (χ2n) is 8.19. The summed E-state index contributed by atoms with van der Waals surface area (Å²) < 4.78 is 5.42. The monoisotopic (exact) mass is 397 g/mol. The van der Waals surface area contributed by atoms with Crippen LogP contribution in [0.4, 0.5) is 16.2 Å². The van der Waals surface area contributed by atoms with E-state index in [0.717, 1.165) is 11.3 Å². The number of hydrogen-bond donors (Lipinski definition) is 0. The van der Waals surface area contributed by atoms with E-state index in [-0.39, 0.29) is 16.7 Å². The number of nitro benzene ring substituents is 1. The molecule has 0 spiro atoms. The summed E-state index contributed by atoms with van der Waals surface area (Å²) in [7, 11) is 0. The van der Waals surface area contributed by atoms with Crippen LogP contribution in [0.3, 0.4) is 0 Å². The van der Waals surface area contributed by atoms with Crippen LogP contribution in [0.15, 0.2) is 48.5 Å². The lowest BCUT2D eigenvalue weighted by Gasteiger charge is -2.36. The fraction of sp³-hybridized carbons (Fsp3) is 0.409. The van der Waals surface area contributed by atoms with Gasteiger partial charge >= 0.3 is 6.09 Å². The maximum absolute atomic E-state index is 12.2. The van der Waals surface area contributed by atoms with Crippen LogP contribution in [0.5, 0.6) is 0 Å². The molecule has 0 saturated carbocycles. The SMILES string of the molecule is CC(C)(C)OC(=O)N1CCN(c2ccc(Cc3ccccc3)c([N+](=O)[O-])c2)CC1. The number of benzene rings is 2. The molecule has 0 atom stereocenters. The van der Waals surface area contributed by atoms with Crippen molar-refractivity contribution in [2.75, 3.05) is 31.1 Å². The van der Waals surface area contributed by atoms with Crippen LogP contribution in [-0.4, -0.2) is 47.7 Å². The molecule has 0 aromatic heterocycles. The quantitative estimate of drug-likeness (QED) is 0.570. The minimum Gasteiger partial charge on any atom is -0.444 e. The molecular weight excluding hydrogens is 370 g/mol. The molecule has 1 aliphatic heterocycles. The fourth-order valence-electron chi connectivity index (χ4n) is 3.36. The number of carbonyl (C=O) groups is 1. The van der Waals surface area contributed by atoms with Gasteiger partial charge in [0.15, 0.2) is 0 Å². The first-order chi connectivity index (χ1) is 13.7. The van der Waals surface area contributed by atoms with Crippen molar-refractivity contribution >= 4 is 17.5 Å². The van der Waals surface area contributed by atoms with Crippen LogP contribution in [-0.2, 0) is 11.2 Å². The van der Waals surface area contributed by atoms with E-state index in [0.29, 0.717) is 38.2 Å². The molecule has 7 heteroatoms. The molecule has 1 aliphatic rings. The van der Waals surface area contributed by atoms with Gasteiger partial charge in [0.2, 0.25) is 0 Å². The van der Waals surface area contributed by atoms with Crippen molar-refractivity contribution in [1.29, 1.82) is 0 Å². The molecule has 0 bridgehead atoms. The minimum absolute atomic E-state index is 0.126. The van der Waals surface area contributed by atoms with Gasteiger partial charge in [-0.25, -0.2) is 4.79 Å². The molecule has 0 radical (unpaired) electrons. The van der Waals surface area contributed by atoms with Gasteiger partial charge in [0.25, 0.3) is 5.69 Å². The lowest BCUT2D eigenvalue weighted by atomic mass is 10.0. The number of amides is 1. The molecule has 1 amide bonds. The molecule has 1 heterocycles. The Balaban J connectivity index is 1.69. The van der Waals surface area contributed by atoms with E-state index in [1.807, 2.05) is 63.2 Å². The average Bonchev–Trinajstić information content (AvgIpc) is 2.68. The standard InChI is InChI=1S/C22H27N3O4/c1-22(2,3)29-21(26)24-13-11-23(12-14-24)19-10-9-18(20(16-19)25(27)28)15-17-7-5-4-6-8-17/h4-10,16H,11-15H2,1-3H3. The van der Waals surface area contributed by atoms with Crippen molar-refractivity contribution in [2.24, 2.45) is 0 Å². The molecular formula is C22H27N3O4. The predicted molar refractivity (Wildman–Crippen MR) is 112 cm³/mol. The lowest BCUT2D eigenvalue weighted by molar-refractivity contribution is -0.385. The molecule has 29 heavy (non-hydrogen) atoms. The second-order valence-corrected chi connectivity index (χ2v) is 8.19. The van der Waals surface area contributed by atoms with Gasteiger partial charge in [-0.15, -0.1) is 0 Å². The summed E-state index contributed by atoms with van der Waals surface area (Å²) in [4.78, 5) is 27.3. The predicted octanol–water partition coefficient (Wildman–Crippen LogP) is 4.24. The zero-order valence-corrected chi connectivity index (χ0v) is 17.1. The number of piperazine rings is 1. The number of anilines is 1.